The van der Waals surface area contributed by atoms with Gasteiger partial charge in [-0.1, -0.05) is 61.4 Å². The van der Waals surface area contributed by atoms with Gasteiger partial charge in [0.2, 0.25) is 0 Å². The lowest BCUT2D eigenvalue weighted by atomic mass is 9.99. The third-order valence-corrected chi connectivity index (χ3v) is 8.12. The Morgan fingerprint density at radius 1 is 1.12 bits per heavy atom. The highest BCUT2D eigenvalue weighted by atomic mass is 32.2. The Balaban J connectivity index is 2.10. The van der Waals surface area contributed by atoms with Crippen molar-refractivity contribution in [2.45, 2.75) is 44.0 Å². The molecule has 0 spiro atoms. The van der Waals surface area contributed by atoms with E-state index in [0.29, 0.717) is 4.90 Å². The lowest BCUT2D eigenvalue weighted by molar-refractivity contribution is 0.285. The standard InChI is InChI=1S/C21H25NO2S2/c1-4-14-21(3)16-25-20(15-18-8-6-5-7-9-18)22(21)26(23,24)19-12-10-17(2)11-13-19/h5-13,15H,4,14,16H2,1-3H3. The molecule has 1 unspecified atom stereocenters. The van der Waals surface area contributed by atoms with E-state index in [-0.39, 0.29) is 0 Å². The first-order chi connectivity index (χ1) is 12.4. The maximum Gasteiger partial charge on any atom is 0.265 e. The van der Waals surface area contributed by atoms with E-state index < -0.39 is 15.6 Å². The predicted octanol–water partition coefficient (Wildman–Crippen LogP) is 5.29. The molecule has 1 saturated heterocycles. The van der Waals surface area contributed by atoms with Crippen LogP contribution < -0.4 is 0 Å². The van der Waals surface area contributed by atoms with Gasteiger partial charge in [-0.15, -0.1) is 11.8 Å². The third-order valence-electron chi connectivity index (χ3n) is 4.66. The van der Waals surface area contributed by atoms with E-state index >= 15 is 0 Å². The molecule has 0 saturated carbocycles. The SMILES string of the molecule is CCCC1(C)CSC(=Cc2ccccc2)N1S(=O)(=O)c1ccc(C)cc1. The monoisotopic (exact) mass is 387 g/mol. The zero-order valence-corrected chi connectivity index (χ0v) is 17.1. The van der Waals surface area contributed by atoms with Crippen molar-refractivity contribution in [3.05, 3.63) is 70.8 Å². The van der Waals surface area contributed by atoms with Gasteiger partial charge in [-0.25, -0.2) is 8.42 Å². The quantitative estimate of drug-likeness (QED) is 0.699. The Morgan fingerprint density at radius 2 is 1.77 bits per heavy atom. The molecule has 1 aliphatic rings. The average Bonchev–Trinajstić information content (AvgIpc) is 2.93. The second kappa shape index (κ2) is 7.49. The molecule has 0 aromatic heterocycles. The van der Waals surface area contributed by atoms with E-state index in [0.717, 1.165) is 34.8 Å². The van der Waals surface area contributed by atoms with Crippen molar-refractivity contribution in [2.24, 2.45) is 0 Å². The summed E-state index contributed by atoms with van der Waals surface area (Å²) in [6, 6.07) is 17.0. The number of nitrogens with zero attached hydrogens (tertiary/aromatic N) is 1. The van der Waals surface area contributed by atoms with Gasteiger partial charge in [0.1, 0.15) is 0 Å². The van der Waals surface area contributed by atoms with Crippen molar-refractivity contribution in [1.29, 1.82) is 0 Å². The van der Waals surface area contributed by atoms with Crippen molar-refractivity contribution < 1.29 is 8.42 Å². The summed E-state index contributed by atoms with van der Waals surface area (Å²) in [7, 11) is -3.61. The van der Waals surface area contributed by atoms with E-state index in [9.17, 15) is 8.42 Å². The van der Waals surface area contributed by atoms with E-state index in [2.05, 4.69) is 13.8 Å². The van der Waals surface area contributed by atoms with Crippen LogP contribution in [0.5, 0.6) is 0 Å². The third kappa shape index (κ3) is 3.69. The minimum atomic E-state index is -3.61. The van der Waals surface area contributed by atoms with Crippen LogP contribution in [0.1, 0.15) is 37.8 Å². The topological polar surface area (TPSA) is 37.4 Å². The second-order valence-corrected chi connectivity index (χ2v) is 9.79. The fourth-order valence-electron chi connectivity index (χ4n) is 3.34. The molecule has 1 atom stereocenters. The first kappa shape index (κ1) is 19.1. The summed E-state index contributed by atoms with van der Waals surface area (Å²) in [6.45, 7) is 6.12. The number of hydrogen-bond acceptors (Lipinski definition) is 3. The molecule has 0 aliphatic carbocycles. The number of sulfonamides is 1. The Morgan fingerprint density at radius 3 is 2.38 bits per heavy atom. The molecule has 5 heteroatoms. The number of rotatable bonds is 5. The molecule has 26 heavy (non-hydrogen) atoms. The summed E-state index contributed by atoms with van der Waals surface area (Å²) >= 11 is 1.62. The average molecular weight is 388 g/mol. The van der Waals surface area contributed by atoms with Crippen LogP contribution in [0.2, 0.25) is 0 Å². The second-order valence-electron chi connectivity index (χ2n) is 7.01. The van der Waals surface area contributed by atoms with Crippen LogP contribution in [-0.4, -0.2) is 24.0 Å². The van der Waals surface area contributed by atoms with Crippen molar-refractivity contribution >= 4 is 27.9 Å². The number of aryl methyl sites for hydroxylation is 1. The molecule has 3 rings (SSSR count). The van der Waals surface area contributed by atoms with Crippen molar-refractivity contribution in [3.63, 3.8) is 0 Å². The molecule has 0 amide bonds. The molecule has 0 bridgehead atoms. The molecule has 1 aliphatic heterocycles. The lowest BCUT2D eigenvalue weighted by Gasteiger charge is -2.35. The molecule has 3 nitrogen and oxygen atoms in total. The smallest absolute Gasteiger partial charge is 0.254 e. The minimum Gasteiger partial charge on any atom is -0.254 e. The van der Waals surface area contributed by atoms with Gasteiger partial charge in [0.05, 0.1) is 15.5 Å². The van der Waals surface area contributed by atoms with Gasteiger partial charge in [0.25, 0.3) is 10.0 Å². The molecular weight excluding hydrogens is 362 g/mol. The van der Waals surface area contributed by atoms with Crippen LogP contribution >= 0.6 is 11.8 Å². The van der Waals surface area contributed by atoms with Gasteiger partial charge >= 0.3 is 0 Å². The zero-order valence-electron chi connectivity index (χ0n) is 15.5. The van der Waals surface area contributed by atoms with Gasteiger partial charge in [0.15, 0.2) is 0 Å². The molecule has 0 radical (unpaired) electrons. The van der Waals surface area contributed by atoms with E-state index in [1.165, 1.54) is 0 Å². The van der Waals surface area contributed by atoms with E-state index in [1.807, 2.05) is 55.5 Å². The van der Waals surface area contributed by atoms with Crippen LogP contribution in [-0.2, 0) is 10.0 Å². The number of thioether (sulfide) groups is 1. The molecular formula is C21H25NO2S2. The highest BCUT2D eigenvalue weighted by Gasteiger charge is 2.46. The first-order valence-electron chi connectivity index (χ1n) is 8.88. The van der Waals surface area contributed by atoms with Crippen LogP contribution in [0.25, 0.3) is 6.08 Å². The van der Waals surface area contributed by atoms with Gasteiger partial charge in [-0.2, -0.15) is 0 Å². The number of hydrogen-bond donors (Lipinski definition) is 0. The Bertz CT molecular complexity index is 889. The summed E-state index contributed by atoms with van der Waals surface area (Å²) in [5.74, 6) is 0.768. The van der Waals surface area contributed by atoms with Crippen molar-refractivity contribution in [3.8, 4) is 0 Å². The lowest BCUT2D eigenvalue weighted by Crippen LogP contribution is -2.45. The van der Waals surface area contributed by atoms with E-state index in [1.54, 1.807) is 28.2 Å². The fraction of sp³-hybridized carbons (Fsp3) is 0.333. The Labute approximate surface area is 161 Å². The first-order valence-corrected chi connectivity index (χ1v) is 11.3. The predicted molar refractivity (Wildman–Crippen MR) is 110 cm³/mol. The van der Waals surface area contributed by atoms with Crippen molar-refractivity contribution in [1.82, 2.24) is 4.31 Å². The van der Waals surface area contributed by atoms with Crippen LogP contribution in [0, 0.1) is 6.92 Å². The highest BCUT2D eigenvalue weighted by molar-refractivity contribution is 8.04. The summed E-state index contributed by atoms with van der Waals surface area (Å²) in [6.07, 6.45) is 3.75. The van der Waals surface area contributed by atoms with E-state index in [4.69, 9.17) is 0 Å². The Kier molecular flexibility index (Phi) is 5.49. The van der Waals surface area contributed by atoms with Crippen molar-refractivity contribution in [2.75, 3.05) is 5.75 Å². The highest BCUT2D eigenvalue weighted by Crippen LogP contribution is 2.46. The van der Waals surface area contributed by atoms with Gasteiger partial charge in [0, 0.05) is 5.75 Å². The maximum atomic E-state index is 13.5. The Hall–Kier alpha value is -1.72. The summed E-state index contributed by atoms with van der Waals surface area (Å²) in [5, 5.41) is 0.799. The normalized spacial score (nSPS) is 22.1. The molecule has 0 N–H and O–H groups in total. The summed E-state index contributed by atoms with van der Waals surface area (Å²) in [5.41, 5.74) is 1.65. The van der Waals surface area contributed by atoms with Crippen LogP contribution in [0.15, 0.2) is 64.5 Å². The summed E-state index contributed by atoms with van der Waals surface area (Å²) < 4.78 is 28.7. The van der Waals surface area contributed by atoms with Crippen LogP contribution in [0.4, 0.5) is 0 Å². The largest absolute Gasteiger partial charge is 0.265 e. The molecule has 1 heterocycles. The van der Waals surface area contributed by atoms with Gasteiger partial charge in [-0.05, 0) is 44.0 Å². The van der Waals surface area contributed by atoms with Crippen LogP contribution in [0.3, 0.4) is 0 Å². The maximum absolute atomic E-state index is 13.5. The number of benzene rings is 2. The van der Waals surface area contributed by atoms with Gasteiger partial charge < -0.3 is 0 Å². The molecule has 1 fully saturated rings. The van der Waals surface area contributed by atoms with Gasteiger partial charge in [-0.3, -0.25) is 4.31 Å². The summed E-state index contributed by atoms with van der Waals surface area (Å²) in [4.78, 5) is 0.354. The minimum absolute atomic E-state index is 0.354. The molecule has 2 aromatic rings. The zero-order chi connectivity index (χ0) is 18.8. The fourth-order valence-corrected chi connectivity index (χ4v) is 6.88. The molecule has 2 aromatic carbocycles. The molecule has 138 valence electrons.